The van der Waals surface area contributed by atoms with Crippen LogP contribution in [0.1, 0.15) is 28.0 Å². The Balaban J connectivity index is 2.06. The lowest BCUT2D eigenvalue weighted by Crippen LogP contribution is -2.19. The third-order valence-corrected chi connectivity index (χ3v) is 4.77. The lowest BCUT2D eigenvalue weighted by Gasteiger charge is -2.11. The van der Waals surface area contributed by atoms with E-state index in [4.69, 9.17) is 5.73 Å². The van der Waals surface area contributed by atoms with Crippen molar-refractivity contribution in [3.63, 3.8) is 0 Å². The minimum Gasteiger partial charge on any atom is -0.365 e. The first kappa shape index (κ1) is 17.2. The van der Waals surface area contributed by atoms with Gasteiger partial charge in [-0.2, -0.15) is 0 Å². The number of carbonyl (C=O) groups excluding carboxylic acids is 1. The topological polar surface area (TPSA) is 99.6 Å². The maximum atomic E-state index is 13.5. The van der Waals surface area contributed by atoms with E-state index >= 15 is 0 Å². The first-order valence-electron chi connectivity index (χ1n) is 7.80. The zero-order valence-electron chi connectivity index (χ0n) is 13.9. The van der Waals surface area contributed by atoms with Crippen LogP contribution in [-0.2, 0) is 0 Å². The number of nitrogens with two attached hydrogens (primary N) is 1. The number of aryl methyl sites for hydroxylation is 1. The van der Waals surface area contributed by atoms with Gasteiger partial charge in [0.1, 0.15) is 11.2 Å². The number of hydrogen-bond acceptors (Lipinski definition) is 6. The summed E-state index contributed by atoms with van der Waals surface area (Å²) in [5.41, 5.74) is 5.93. The molecule has 0 spiro atoms. The highest BCUT2D eigenvalue weighted by Gasteiger charge is 2.24. The van der Waals surface area contributed by atoms with Gasteiger partial charge >= 0.3 is 0 Å². The van der Waals surface area contributed by atoms with E-state index in [1.165, 1.54) is 28.3 Å². The summed E-state index contributed by atoms with van der Waals surface area (Å²) in [6.45, 7) is 1.61. The number of hydrogen-bond donors (Lipinski definition) is 1. The fourth-order valence-corrected chi connectivity index (χ4v) is 3.44. The molecule has 4 aromatic rings. The average molecular weight is 386 g/mol. The summed E-state index contributed by atoms with van der Waals surface area (Å²) in [5.74, 6) is -0.390. The number of fused-ring (bicyclic) bond motifs is 1. The molecule has 4 heterocycles. The highest BCUT2D eigenvalue weighted by atomic mass is 32.1. The minimum atomic E-state index is -2.71. The van der Waals surface area contributed by atoms with Gasteiger partial charge in [0.15, 0.2) is 16.6 Å². The van der Waals surface area contributed by atoms with Crippen LogP contribution >= 0.6 is 11.3 Å². The van der Waals surface area contributed by atoms with E-state index in [2.05, 4.69) is 19.9 Å². The molecule has 4 aromatic heterocycles. The number of carbonyl (C=O) groups is 1. The normalized spacial score (nSPS) is 11.4. The van der Waals surface area contributed by atoms with Crippen molar-refractivity contribution in [1.29, 1.82) is 0 Å². The van der Waals surface area contributed by atoms with Crippen LogP contribution in [0.4, 0.5) is 8.78 Å². The predicted octanol–water partition coefficient (Wildman–Crippen LogP) is 3.28. The van der Waals surface area contributed by atoms with Crippen LogP contribution in [0.5, 0.6) is 0 Å². The van der Waals surface area contributed by atoms with E-state index in [9.17, 15) is 13.6 Å². The fourth-order valence-electron chi connectivity index (χ4n) is 2.87. The molecule has 27 heavy (non-hydrogen) atoms. The van der Waals surface area contributed by atoms with E-state index in [1.807, 2.05) is 0 Å². The number of nitrogens with zero attached hydrogens (tertiary/aromatic N) is 5. The van der Waals surface area contributed by atoms with Gasteiger partial charge in [-0.15, -0.1) is 11.3 Å². The van der Waals surface area contributed by atoms with Crippen molar-refractivity contribution < 1.29 is 13.6 Å². The Labute approximate surface area is 155 Å². The molecule has 10 heteroatoms. The molecule has 7 nitrogen and oxygen atoms in total. The molecule has 0 unspecified atom stereocenters. The SMILES string of the molecule is Cc1nc(-c2nccs2)nc(-n2cc(C(F)F)c3cccnc32)c1C(N)=O. The van der Waals surface area contributed by atoms with Crippen molar-refractivity contribution in [2.45, 2.75) is 13.3 Å². The molecule has 0 saturated carbocycles. The van der Waals surface area contributed by atoms with Crippen LogP contribution in [-0.4, -0.2) is 30.4 Å². The number of amides is 1. The number of pyridine rings is 1. The van der Waals surface area contributed by atoms with Crippen molar-refractivity contribution in [2.75, 3.05) is 0 Å². The zero-order chi connectivity index (χ0) is 19.1. The van der Waals surface area contributed by atoms with Gasteiger partial charge < -0.3 is 5.73 Å². The maximum Gasteiger partial charge on any atom is 0.265 e. The molecule has 0 aliphatic carbocycles. The quantitative estimate of drug-likeness (QED) is 0.580. The van der Waals surface area contributed by atoms with Crippen LogP contribution in [0.15, 0.2) is 36.1 Å². The lowest BCUT2D eigenvalue weighted by atomic mass is 10.2. The Morgan fingerprint density at radius 3 is 2.74 bits per heavy atom. The minimum absolute atomic E-state index is 0.0404. The Morgan fingerprint density at radius 1 is 1.26 bits per heavy atom. The van der Waals surface area contributed by atoms with E-state index in [-0.39, 0.29) is 33.8 Å². The predicted molar refractivity (Wildman–Crippen MR) is 96.0 cm³/mol. The second kappa shape index (κ2) is 6.47. The number of primary amides is 1. The van der Waals surface area contributed by atoms with Gasteiger partial charge in [-0.3, -0.25) is 9.36 Å². The van der Waals surface area contributed by atoms with Crippen LogP contribution in [0.3, 0.4) is 0 Å². The molecule has 0 radical (unpaired) electrons. The van der Waals surface area contributed by atoms with Crippen molar-refractivity contribution >= 4 is 28.3 Å². The van der Waals surface area contributed by atoms with E-state index in [0.717, 1.165) is 0 Å². The van der Waals surface area contributed by atoms with E-state index < -0.39 is 12.3 Å². The molecule has 0 saturated heterocycles. The fraction of sp³-hybridized carbons (Fsp3) is 0.118. The number of thiazole rings is 1. The van der Waals surface area contributed by atoms with Gasteiger partial charge in [-0.25, -0.2) is 28.7 Å². The van der Waals surface area contributed by atoms with E-state index in [1.54, 1.807) is 30.6 Å². The molecule has 0 atom stereocenters. The third-order valence-electron chi connectivity index (χ3n) is 4.00. The monoisotopic (exact) mass is 386 g/mol. The van der Waals surface area contributed by atoms with Crippen molar-refractivity contribution in [3.05, 3.63) is 52.9 Å². The largest absolute Gasteiger partial charge is 0.365 e. The molecule has 2 N–H and O–H groups in total. The van der Waals surface area contributed by atoms with Crippen molar-refractivity contribution in [1.82, 2.24) is 24.5 Å². The molecule has 0 fully saturated rings. The summed E-state index contributed by atoms with van der Waals surface area (Å²) in [6, 6.07) is 3.11. The Kier molecular flexibility index (Phi) is 4.11. The molecule has 0 aliphatic heterocycles. The van der Waals surface area contributed by atoms with Crippen molar-refractivity contribution in [3.8, 4) is 16.6 Å². The standard InChI is InChI=1S/C17H12F2N6OS/c1-8-11(13(20)26)16(24-14(23-8)17-22-5-6-27-17)25-7-10(12(18)19)9-3-2-4-21-15(9)25/h2-7,12H,1H3,(H2,20,26). The van der Waals surface area contributed by atoms with Crippen molar-refractivity contribution in [2.24, 2.45) is 5.73 Å². The zero-order valence-corrected chi connectivity index (χ0v) is 14.7. The summed E-state index contributed by atoms with van der Waals surface area (Å²) >= 11 is 1.32. The smallest absolute Gasteiger partial charge is 0.265 e. The number of aromatic nitrogens is 5. The molecular formula is C17H12F2N6OS. The Hall–Kier alpha value is -3.27. The van der Waals surface area contributed by atoms with Crippen LogP contribution in [0, 0.1) is 6.92 Å². The lowest BCUT2D eigenvalue weighted by molar-refractivity contribution is 0.0999. The Bertz CT molecular complexity index is 1160. The molecule has 0 aliphatic rings. The van der Waals surface area contributed by atoms with Crippen LogP contribution in [0.2, 0.25) is 0 Å². The summed E-state index contributed by atoms with van der Waals surface area (Å²) in [7, 11) is 0. The van der Waals surface area contributed by atoms with Gasteiger partial charge in [0.25, 0.3) is 12.3 Å². The molecule has 1 amide bonds. The molecular weight excluding hydrogens is 374 g/mol. The summed E-state index contributed by atoms with van der Waals surface area (Å²) in [6.07, 6.45) is 1.59. The second-order valence-corrected chi connectivity index (χ2v) is 6.56. The van der Waals surface area contributed by atoms with Crippen LogP contribution < -0.4 is 5.73 Å². The molecule has 0 bridgehead atoms. The first-order chi connectivity index (χ1) is 13.0. The molecule has 0 aromatic carbocycles. The number of halogens is 2. The molecule has 4 rings (SSSR count). The Morgan fingerprint density at radius 2 is 2.07 bits per heavy atom. The van der Waals surface area contributed by atoms with Gasteiger partial charge in [0.05, 0.1) is 5.69 Å². The summed E-state index contributed by atoms with van der Waals surface area (Å²) < 4.78 is 28.3. The van der Waals surface area contributed by atoms with Gasteiger partial charge in [-0.05, 0) is 19.1 Å². The van der Waals surface area contributed by atoms with Gasteiger partial charge in [-0.1, -0.05) is 0 Å². The number of alkyl halides is 2. The molecule has 136 valence electrons. The number of rotatable bonds is 4. The van der Waals surface area contributed by atoms with E-state index in [0.29, 0.717) is 10.7 Å². The summed E-state index contributed by atoms with van der Waals surface area (Å²) in [4.78, 5) is 29.1. The third kappa shape index (κ3) is 2.83. The average Bonchev–Trinajstić information content (AvgIpc) is 3.28. The highest BCUT2D eigenvalue weighted by Crippen LogP contribution is 2.32. The highest BCUT2D eigenvalue weighted by molar-refractivity contribution is 7.13. The van der Waals surface area contributed by atoms with Crippen LogP contribution in [0.25, 0.3) is 27.7 Å². The second-order valence-electron chi connectivity index (χ2n) is 5.66. The van der Waals surface area contributed by atoms with Gasteiger partial charge in [0, 0.05) is 34.9 Å². The first-order valence-corrected chi connectivity index (χ1v) is 8.68. The van der Waals surface area contributed by atoms with Gasteiger partial charge in [0.2, 0.25) is 0 Å². The maximum absolute atomic E-state index is 13.5. The summed E-state index contributed by atoms with van der Waals surface area (Å²) in [5, 5.41) is 2.57.